The molecule has 1 aliphatic carbocycles. The lowest BCUT2D eigenvalue weighted by molar-refractivity contribution is -0.139. The van der Waals surface area contributed by atoms with Gasteiger partial charge in [-0.05, 0) is 30.5 Å². The van der Waals surface area contributed by atoms with E-state index < -0.39 is 11.8 Å². The lowest BCUT2D eigenvalue weighted by Crippen LogP contribution is -2.44. The average Bonchev–Trinajstić information content (AvgIpc) is 2.61. The largest absolute Gasteiger partial charge is 0.490 e. The van der Waals surface area contributed by atoms with Crippen LogP contribution in [0, 0.1) is 0 Å². The van der Waals surface area contributed by atoms with E-state index in [1.165, 1.54) is 12.6 Å². The number of benzene rings is 1. The summed E-state index contributed by atoms with van der Waals surface area (Å²) in [6, 6.07) is 7.33. The molecule has 6 nitrogen and oxygen atoms in total. The molecule has 0 bridgehead atoms. The van der Waals surface area contributed by atoms with E-state index in [-0.39, 0.29) is 6.04 Å². The first-order valence-electron chi connectivity index (χ1n) is 8.16. The number of amides is 2. The fraction of sp³-hybridized carbons (Fsp3) is 0.389. The van der Waals surface area contributed by atoms with Crippen molar-refractivity contribution in [3.63, 3.8) is 0 Å². The Morgan fingerprint density at radius 3 is 2.79 bits per heavy atom. The second kappa shape index (κ2) is 9.50. The SMILES string of the molecule is C=CCOc1cccc(/C=N\NC(=O)C(=O)NC2CCCCC2)c1. The van der Waals surface area contributed by atoms with E-state index >= 15 is 0 Å². The quantitative estimate of drug-likeness (QED) is 0.363. The van der Waals surface area contributed by atoms with Crippen LogP contribution in [0.4, 0.5) is 0 Å². The summed E-state index contributed by atoms with van der Waals surface area (Å²) in [4.78, 5) is 23.5. The molecule has 0 spiro atoms. The molecule has 1 aromatic carbocycles. The number of hydrogen-bond donors (Lipinski definition) is 2. The summed E-state index contributed by atoms with van der Waals surface area (Å²) >= 11 is 0. The normalized spacial score (nSPS) is 15.0. The van der Waals surface area contributed by atoms with Gasteiger partial charge >= 0.3 is 11.8 Å². The minimum Gasteiger partial charge on any atom is -0.490 e. The first-order chi connectivity index (χ1) is 11.7. The maximum Gasteiger partial charge on any atom is 0.329 e. The van der Waals surface area contributed by atoms with Crippen molar-refractivity contribution in [1.29, 1.82) is 0 Å². The zero-order chi connectivity index (χ0) is 17.2. The molecule has 0 unspecified atom stereocenters. The van der Waals surface area contributed by atoms with Gasteiger partial charge < -0.3 is 10.1 Å². The Bertz CT molecular complexity index is 607. The van der Waals surface area contributed by atoms with Crippen molar-refractivity contribution in [2.24, 2.45) is 5.10 Å². The molecule has 2 N–H and O–H groups in total. The first-order valence-corrected chi connectivity index (χ1v) is 8.16. The van der Waals surface area contributed by atoms with Crippen LogP contribution in [0.1, 0.15) is 37.7 Å². The third-order valence-electron chi connectivity index (χ3n) is 3.75. The number of carbonyl (C=O) groups is 2. The van der Waals surface area contributed by atoms with E-state index in [0.29, 0.717) is 12.4 Å². The zero-order valence-corrected chi connectivity index (χ0v) is 13.7. The molecule has 128 valence electrons. The average molecular weight is 329 g/mol. The maximum atomic E-state index is 11.8. The lowest BCUT2D eigenvalue weighted by Gasteiger charge is -2.22. The summed E-state index contributed by atoms with van der Waals surface area (Å²) in [6.45, 7) is 4.00. The minimum absolute atomic E-state index is 0.0969. The summed E-state index contributed by atoms with van der Waals surface area (Å²) in [7, 11) is 0. The van der Waals surface area contributed by atoms with E-state index in [9.17, 15) is 9.59 Å². The van der Waals surface area contributed by atoms with Gasteiger partial charge in [-0.25, -0.2) is 5.43 Å². The monoisotopic (exact) mass is 329 g/mol. The Kier molecular flexibility index (Phi) is 7.01. The third-order valence-corrected chi connectivity index (χ3v) is 3.75. The molecule has 2 amide bonds. The van der Waals surface area contributed by atoms with Crippen molar-refractivity contribution in [2.45, 2.75) is 38.1 Å². The summed E-state index contributed by atoms with van der Waals surface area (Å²) in [6.07, 6.45) is 8.36. The van der Waals surface area contributed by atoms with Crippen LogP contribution in [0.5, 0.6) is 5.75 Å². The lowest BCUT2D eigenvalue weighted by atomic mass is 9.95. The van der Waals surface area contributed by atoms with Gasteiger partial charge in [0.25, 0.3) is 0 Å². The Balaban J connectivity index is 1.80. The molecule has 2 rings (SSSR count). The second-order valence-electron chi connectivity index (χ2n) is 5.68. The van der Waals surface area contributed by atoms with Crippen LogP contribution in [0.25, 0.3) is 0 Å². The van der Waals surface area contributed by atoms with Crippen molar-refractivity contribution in [3.8, 4) is 5.75 Å². The van der Waals surface area contributed by atoms with Gasteiger partial charge in [-0.15, -0.1) is 0 Å². The van der Waals surface area contributed by atoms with Gasteiger partial charge in [-0.1, -0.05) is 44.1 Å². The van der Waals surface area contributed by atoms with Gasteiger partial charge in [0.1, 0.15) is 12.4 Å². The minimum atomic E-state index is -0.754. The van der Waals surface area contributed by atoms with Crippen molar-refractivity contribution < 1.29 is 14.3 Å². The number of nitrogens with one attached hydrogen (secondary N) is 2. The van der Waals surface area contributed by atoms with Gasteiger partial charge in [0, 0.05) is 6.04 Å². The van der Waals surface area contributed by atoms with Crippen molar-refractivity contribution in [3.05, 3.63) is 42.5 Å². The molecule has 24 heavy (non-hydrogen) atoms. The highest BCUT2D eigenvalue weighted by Crippen LogP contribution is 2.17. The summed E-state index contributed by atoms with van der Waals surface area (Å²) in [5.74, 6) is -0.710. The van der Waals surface area contributed by atoms with Crippen molar-refractivity contribution in [1.82, 2.24) is 10.7 Å². The Morgan fingerprint density at radius 2 is 2.04 bits per heavy atom. The van der Waals surface area contributed by atoms with Crippen LogP contribution >= 0.6 is 0 Å². The molecule has 1 aromatic rings. The Morgan fingerprint density at radius 1 is 1.25 bits per heavy atom. The number of carbonyl (C=O) groups excluding carboxylic acids is 2. The number of ether oxygens (including phenoxy) is 1. The highest BCUT2D eigenvalue weighted by atomic mass is 16.5. The molecule has 0 saturated heterocycles. The van der Waals surface area contributed by atoms with Crippen LogP contribution in [-0.4, -0.2) is 30.7 Å². The fourth-order valence-electron chi connectivity index (χ4n) is 2.55. The number of hydrazone groups is 1. The van der Waals surface area contributed by atoms with Crippen molar-refractivity contribution in [2.75, 3.05) is 6.61 Å². The van der Waals surface area contributed by atoms with Gasteiger partial charge in [0.05, 0.1) is 6.21 Å². The molecule has 0 aromatic heterocycles. The standard InChI is InChI=1S/C18H23N3O3/c1-2-11-24-16-10-6-7-14(12-16)13-19-21-18(23)17(22)20-15-8-4-3-5-9-15/h2,6-7,10,12-13,15H,1,3-5,8-9,11H2,(H,20,22)(H,21,23)/b19-13-. The van der Waals surface area contributed by atoms with E-state index in [0.717, 1.165) is 31.2 Å². The third kappa shape index (κ3) is 5.87. The van der Waals surface area contributed by atoms with Crippen LogP contribution < -0.4 is 15.5 Å². The molecule has 0 aliphatic heterocycles. The zero-order valence-electron chi connectivity index (χ0n) is 13.7. The summed E-state index contributed by atoms with van der Waals surface area (Å²) < 4.78 is 5.41. The van der Waals surface area contributed by atoms with Crippen LogP contribution in [0.15, 0.2) is 42.0 Å². The maximum absolute atomic E-state index is 11.8. The summed E-state index contributed by atoms with van der Waals surface area (Å²) in [5.41, 5.74) is 3.00. The predicted octanol–water partition coefficient (Wildman–Crippen LogP) is 2.15. The predicted molar refractivity (Wildman–Crippen MR) is 92.9 cm³/mol. The van der Waals surface area contributed by atoms with E-state index in [1.54, 1.807) is 12.1 Å². The van der Waals surface area contributed by atoms with Gasteiger partial charge in [0.15, 0.2) is 0 Å². The molecular formula is C18H23N3O3. The number of hydrogen-bond acceptors (Lipinski definition) is 4. The number of nitrogens with zero attached hydrogens (tertiary/aromatic N) is 1. The first kappa shape index (κ1) is 17.7. The van der Waals surface area contributed by atoms with E-state index in [2.05, 4.69) is 22.4 Å². The second-order valence-corrected chi connectivity index (χ2v) is 5.68. The fourth-order valence-corrected chi connectivity index (χ4v) is 2.55. The van der Waals surface area contributed by atoms with E-state index in [1.807, 2.05) is 18.2 Å². The summed E-state index contributed by atoms with van der Waals surface area (Å²) in [5, 5.41) is 6.56. The van der Waals surface area contributed by atoms with Crippen LogP contribution in [0.3, 0.4) is 0 Å². The molecule has 6 heteroatoms. The topological polar surface area (TPSA) is 79.8 Å². The Labute approximate surface area is 142 Å². The molecule has 1 fully saturated rings. The smallest absolute Gasteiger partial charge is 0.329 e. The van der Waals surface area contributed by atoms with Gasteiger partial charge in [0.2, 0.25) is 0 Å². The van der Waals surface area contributed by atoms with Crippen LogP contribution in [0.2, 0.25) is 0 Å². The molecular weight excluding hydrogens is 306 g/mol. The van der Waals surface area contributed by atoms with E-state index in [4.69, 9.17) is 4.74 Å². The van der Waals surface area contributed by atoms with Gasteiger partial charge in [-0.2, -0.15) is 5.10 Å². The molecule has 0 heterocycles. The van der Waals surface area contributed by atoms with Crippen LogP contribution in [-0.2, 0) is 9.59 Å². The molecule has 1 saturated carbocycles. The highest BCUT2D eigenvalue weighted by molar-refractivity contribution is 6.35. The van der Waals surface area contributed by atoms with Gasteiger partial charge in [-0.3, -0.25) is 9.59 Å². The molecule has 0 atom stereocenters. The molecule has 1 aliphatic rings. The Hall–Kier alpha value is -2.63. The van der Waals surface area contributed by atoms with Crippen molar-refractivity contribution >= 4 is 18.0 Å². The number of rotatable bonds is 6. The molecule has 0 radical (unpaired) electrons. The highest BCUT2D eigenvalue weighted by Gasteiger charge is 2.19.